The van der Waals surface area contributed by atoms with E-state index in [1.54, 1.807) is 0 Å². The molecule has 1 aliphatic rings. The first-order valence-corrected chi connectivity index (χ1v) is 5.35. The summed E-state index contributed by atoms with van der Waals surface area (Å²) < 4.78 is 6.63. The van der Waals surface area contributed by atoms with Crippen LogP contribution in [0.15, 0.2) is 22.7 Å². The standard InChI is InChI=1S/C10H12BrNO2/c11-9-5-7(6-13-12)1-4-10(9)14-8-2-3-8/h1,4-5,8H,2-3,6,12H2. The Balaban J connectivity index is 2.09. The SMILES string of the molecule is NOCc1ccc(OC2CC2)c(Br)c1. The second kappa shape index (κ2) is 4.29. The van der Waals surface area contributed by atoms with E-state index < -0.39 is 0 Å². The van der Waals surface area contributed by atoms with Crippen LogP contribution < -0.4 is 10.6 Å². The number of rotatable bonds is 4. The molecule has 2 N–H and O–H groups in total. The Morgan fingerprint density at radius 2 is 2.21 bits per heavy atom. The summed E-state index contributed by atoms with van der Waals surface area (Å²) in [7, 11) is 0. The zero-order valence-electron chi connectivity index (χ0n) is 7.70. The molecule has 14 heavy (non-hydrogen) atoms. The van der Waals surface area contributed by atoms with Crippen molar-refractivity contribution in [2.45, 2.75) is 25.6 Å². The van der Waals surface area contributed by atoms with Crippen LogP contribution >= 0.6 is 15.9 Å². The quantitative estimate of drug-likeness (QED) is 0.843. The molecular formula is C10H12BrNO2. The van der Waals surface area contributed by atoms with Gasteiger partial charge in [0, 0.05) is 0 Å². The predicted molar refractivity (Wildman–Crippen MR) is 56.8 cm³/mol. The van der Waals surface area contributed by atoms with Crippen molar-refractivity contribution in [3.05, 3.63) is 28.2 Å². The molecule has 0 radical (unpaired) electrons. The van der Waals surface area contributed by atoms with Crippen LogP contribution in [-0.2, 0) is 11.4 Å². The summed E-state index contributed by atoms with van der Waals surface area (Å²) in [5.74, 6) is 5.89. The summed E-state index contributed by atoms with van der Waals surface area (Å²) in [5.41, 5.74) is 1.03. The van der Waals surface area contributed by atoms with Gasteiger partial charge in [0.25, 0.3) is 0 Å². The first-order chi connectivity index (χ1) is 6.79. The van der Waals surface area contributed by atoms with Crippen molar-refractivity contribution in [3.63, 3.8) is 0 Å². The van der Waals surface area contributed by atoms with Gasteiger partial charge in [0.1, 0.15) is 5.75 Å². The maximum absolute atomic E-state index is 5.67. The second-order valence-corrected chi connectivity index (χ2v) is 4.25. The summed E-state index contributed by atoms with van der Waals surface area (Å²) in [6, 6.07) is 5.86. The monoisotopic (exact) mass is 257 g/mol. The third-order valence-electron chi connectivity index (χ3n) is 2.06. The van der Waals surface area contributed by atoms with Crippen LogP contribution in [0.4, 0.5) is 0 Å². The minimum atomic E-state index is 0.419. The molecule has 0 atom stereocenters. The van der Waals surface area contributed by atoms with E-state index in [1.807, 2.05) is 18.2 Å². The van der Waals surface area contributed by atoms with E-state index >= 15 is 0 Å². The molecule has 0 amide bonds. The van der Waals surface area contributed by atoms with E-state index in [0.717, 1.165) is 15.8 Å². The van der Waals surface area contributed by atoms with Crippen LogP contribution in [0.2, 0.25) is 0 Å². The highest BCUT2D eigenvalue weighted by atomic mass is 79.9. The topological polar surface area (TPSA) is 44.5 Å². The van der Waals surface area contributed by atoms with E-state index in [4.69, 9.17) is 10.6 Å². The van der Waals surface area contributed by atoms with Gasteiger partial charge in [0.05, 0.1) is 17.2 Å². The third kappa shape index (κ3) is 2.47. The molecule has 1 aliphatic carbocycles. The molecule has 0 bridgehead atoms. The van der Waals surface area contributed by atoms with Gasteiger partial charge in [0.2, 0.25) is 0 Å². The molecule has 1 fully saturated rings. The van der Waals surface area contributed by atoms with E-state index in [1.165, 1.54) is 12.8 Å². The molecule has 2 rings (SSSR count). The van der Waals surface area contributed by atoms with Gasteiger partial charge in [-0.2, -0.15) is 0 Å². The Kier molecular flexibility index (Phi) is 3.05. The number of ether oxygens (including phenoxy) is 1. The summed E-state index contributed by atoms with van der Waals surface area (Å²) in [4.78, 5) is 4.55. The maximum atomic E-state index is 5.67. The van der Waals surface area contributed by atoms with Crippen molar-refractivity contribution in [2.75, 3.05) is 0 Å². The fourth-order valence-electron chi connectivity index (χ4n) is 1.19. The van der Waals surface area contributed by atoms with Crippen molar-refractivity contribution in [2.24, 2.45) is 5.90 Å². The number of nitrogens with two attached hydrogens (primary N) is 1. The van der Waals surface area contributed by atoms with Gasteiger partial charge < -0.3 is 4.74 Å². The lowest BCUT2D eigenvalue weighted by molar-refractivity contribution is 0.124. The number of halogens is 1. The molecule has 0 unspecified atom stereocenters. The molecular weight excluding hydrogens is 246 g/mol. The molecule has 76 valence electrons. The fourth-order valence-corrected chi connectivity index (χ4v) is 1.71. The Bertz CT molecular complexity index is 326. The van der Waals surface area contributed by atoms with Crippen molar-refractivity contribution < 1.29 is 9.57 Å². The predicted octanol–water partition coefficient (Wildman–Crippen LogP) is 2.38. The van der Waals surface area contributed by atoms with Crippen LogP contribution in [0.5, 0.6) is 5.75 Å². The van der Waals surface area contributed by atoms with Crippen molar-refractivity contribution in [1.29, 1.82) is 0 Å². The van der Waals surface area contributed by atoms with Crippen LogP contribution in [0, 0.1) is 0 Å². The van der Waals surface area contributed by atoms with Crippen LogP contribution in [0.25, 0.3) is 0 Å². The smallest absolute Gasteiger partial charge is 0.133 e. The van der Waals surface area contributed by atoms with E-state index in [2.05, 4.69) is 20.8 Å². The lowest BCUT2D eigenvalue weighted by Gasteiger charge is -2.08. The van der Waals surface area contributed by atoms with Gasteiger partial charge in [-0.25, -0.2) is 5.90 Å². The van der Waals surface area contributed by atoms with E-state index in [0.29, 0.717) is 12.7 Å². The van der Waals surface area contributed by atoms with Crippen LogP contribution in [0.1, 0.15) is 18.4 Å². The highest BCUT2D eigenvalue weighted by molar-refractivity contribution is 9.10. The van der Waals surface area contributed by atoms with Crippen molar-refractivity contribution in [3.8, 4) is 5.75 Å². The lowest BCUT2D eigenvalue weighted by atomic mass is 10.2. The number of hydrogen-bond donors (Lipinski definition) is 1. The normalized spacial score (nSPS) is 15.6. The average molecular weight is 258 g/mol. The van der Waals surface area contributed by atoms with Gasteiger partial charge in [-0.15, -0.1) is 0 Å². The molecule has 0 saturated heterocycles. The fraction of sp³-hybridized carbons (Fsp3) is 0.400. The highest BCUT2D eigenvalue weighted by Gasteiger charge is 2.24. The zero-order chi connectivity index (χ0) is 9.97. The molecule has 0 spiro atoms. The van der Waals surface area contributed by atoms with Crippen LogP contribution in [0.3, 0.4) is 0 Å². The molecule has 4 heteroatoms. The largest absolute Gasteiger partial charge is 0.489 e. The molecule has 1 aromatic rings. The second-order valence-electron chi connectivity index (χ2n) is 3.39. The first kappa shape index (κ1) is 9.96. The van der Waals surface area contributed by atoms with Gasteiger partial charge in [0.15, 0.2) is 0 Å². The summed E-state index contributed by atoms with van der Waals surface area (Å²) in [6.07, 6.45) is 2.75. The Labute approximate surface area is 91.3 Å². The van der Waals surface area contributed by atoms with Crippen LogP contribution in [-0.4, -0.2) is 6.10 Å². The Hall–Kier alpha value is -0.580. The van der Waals surface area contributed by atoms with Gasteiger partial charge in [-0.1, -0.05) is 6.07 Å². The summed E-state index contributed by atoms with van der Waals surface area (Å²) in [6.45, 7) is 0.419. The summed E-state index contributed by atoms with van der Waals surface area (Å²) >= 11 is 3.45. The van der Waals surface area contributed by atoms with Gasteiger partial charge in [-0.3, -0.25) is 4.84 Å². The Morgan fingerprint density at radius 3 is 2.79 bits per heavy atom. The molecule has 0 heterocycles. The average Bonchev–Trinajstić information content (AvgIpc) is 2.94. The summed E-state index contributed by atoms with van der Waals surface area (Å²) in [5, 5.41) is 0. The van der Waals surface area contributed by atoms with E-state index in [9.17, 15) is 0 Å². The minimum absolute atomic E-state index is 0.419. The highest BCUT2D eigenvalue weighted by Crippen LogP contribution is 2.32. The molecule has 3 nitrogen and oxygen atoms in total. The molecule has 1 saturated carbocycles. The molecule has 1 aromatic carbocycles. The number of hydrogen-bond acceptors (Lipinski definition) is 3. The first-order valence-electron chi connectivity index (χ1n) is 4.56. The molecule has 0 aliphatic heterocycles. The third-order valence-corrected chi connectivity index (χ3v) is 2.68. The Morgan fingerprint density at radius 1 is 1.43 bits per heavy atom. The van der Waals surface area contributed by atoms with E-state index in [-0.39, 0.29) is 0 Å². The van der Waals surface area contributed by atoms with Crippen molar-refractivity contribution >= 4 is 15.9 Å². The maximum Gasteiger partial charge on any atom is 0.133 e. The van der Waals surface area contributed by atoms with Gasteiger partial charge in [-0.05, 0) is 46.5 Å². The number of benzene rings is 1. The zero-order valence-corrected chi connectivity index (χ0v) is 9.29. The van der Waals surface area contributed by atoms with Crippen molar-refractivity contribution in [1.82, 2.24) is 0 Å². The minimum Gasteiger partial charge on any atom is -0.489 e. The molecule has 0 aromatic heterocycles. The lowest BCUT2D eigenvalue weighted by Crippen LogP contribution is -2.00. The van der Waals surface area contributed by atoms with Gasteiger partial charge >= 0.3 is 0 Å².